The van der Waals surface area contributed by atoms with E-state index >= 15 is 0 Å². The molecule has 0 fully saturated rings. The fraction of sp³-hybridized carbons (Fsp3) is 1.00. The molecule has 0 saturated carbocycles. The van der Waals surface area contributed by atoms with E-state index in [1.165, 1.54) is 0 Å². The molecular formula is C10H22N3O8P. The highest BCUT2D eigenvalue weighted by Crippen LogP contribution is 2.35. The van der Waals surface area contributed by atoms with Crippen LogP contribution in [0.1, 0.15) is 0 Å². The van der Waals surface area contributed by atoms with Gasteiger partial charge in [-0.05, 0) is 5.53 Å². The predicted octanol–water partition coefficient (Wildman–Crippen LogP) is 0.472. The molecule has 0 spiro atoms. The third-order valence-electron chi connectivity index (χ3n) is 2.00. The highest BCUT2D eigenvalue weighted by atomic mass is 31.2. The van der Waals surface area contributed by atoms with Crippen molar-refractivity contribution in [2.24, 2.45) is 5.11 Å². The molecule has 12 heteroatoms. The maximum absolute atomic E-state index is 10.3. The van der Waals surface area contributed by atoms with E-state index in [0.717, 1.165) is 0 Å². The number of phosphoric acid groups is 1. The summed E-state index contributed by atoms with van der Waals surface area (Å²) in [6.45, 7) is 2.90. The Kier molecular flexibility index (Phi) is 14.7. The maximum Gasteiger partial charge on any atom is 0.469 e. The van der Waals surface area contributed by atoms with Crippen molar-refractivity contribution in [2.75, 3.05) is 66.0 Å². The van der Waals surface area contributed by atoms with E-state index in [0.29, 0.717) is 52.8 Å². The quantitative estimate of drug-likeness (QED) is 0.135. The van der Waals surface area contributed by atoms with E-state index in [4.69, 9.17) is 34.3 Å². The minimum absolute atomic E-state index is 0.0815. The van der Waals surface area contributed by atoms with Gasteiger partial charge in [-0.25, -0.2) is 4.57 Å². The second-order valence-corrected chi connectivity index (χ2v) is 4.97. The summed E-state index contributed by atoms with van der Waals surface area (Å²) in [6.07, 6.45) is 0. The number of ether oxygens (including phenoxy) is 4. The number of phosphoric ester groups is 1. The lowest BCUT2D eigenvalue weighted by molar-refractivity contribution is -0.00482. The van der Waals surface area contributed by atoms with Gasteiger partial charge in [0.15, 0.2) is 0 Å². The summed E-state index contributed by atoms with van der Waals surface area (Å²) in [5.41, 5.74) is 8.02. The number of rotatable bonds is 16. The molecule has 0 aromatic rings. The molecule has 0 amide bonds. The molecule has 0 unspecified atom stereocenters. The molecule has 0 rings (SSSR count). The normalized spacial score (nSPS) is 11.4. The fourth-order valence-corrected chi connectivity index (χ4v) is 1.44. The first kappa shape index (κ1) is 21.3. The Balaban J connectivity index is 3.05. The standard InChI is InChI=1S/C10H22N3O8P/c11-13-12-1-2-17-3-4-18-5-6-19-7-8-20-9-10-21-22(14,15)16/h1-10H2,(H2,14,15,16). The van der Waals surface area contributed by atoms with E-state index in [9.17, 15) is 4.57 Å². The Morgan fingerprint density at radius 3 is 1.64 bits per heavy atom. The highest BCUT2D eigenvalue weighted by Gasteiger charge is 2.12. The topological polar surface area (TPSA) is 152 Å². The van der Waals surface area contributed by atoms with Gasteiger partial charge >= 0.3 is 7.82 Å². The van der Waals surface area contributed by atoms with Gasteiger partial charge in [0.2, 0.25) is 0 Å². The van der Waals surface area contributed by atoms with Gasteiger partial charge in [0.25, 0.3) is 0 Å². The highest BCUT2D eigenvalue weighted by molar-refractivity contribution is 7.46. The zero-order valence-electron chi connectivity index (χ0n) is 12.2. The van der Waals surface area contributed by atoms with Gasteiger partial charge in [0, 0.05) is 11.5 Å². The lowest BCUT2D eigenvalue weighted by Crippen LogP contribution is -2.13. The van der Waals surface area contributed by atoms with Gasteiger partial charge in [-0.1, -0.05) is 5.11 Å². The summed E-state index contributed by atoms with van der Waals surface area (Å²) in [4.78, 5) is 19.4. The summed E-state index contributed by atoms with van der Waals surface area (Å²) in [5, 5.41) is 3.31. The van der Waals surface area contributed by atoms with Crippen LogP contribution in [0.2, 0.25) is 0 Å². The summed E-state index contributed by atoms with van der Waals surface area (Å²) in [7, 11) is -4.41. The molecular weight excluding hydrogens is 321 g/mol. The average Bonchev–Trinajstić information content (AvgIpc) is 2.45. The Bertz CT molecular complexity index is 347. The Labute approximate surface area is 128 Å². The van der Waals surface area contributed by atoms with E-state index < -0.39 is 7.82 Å². The Morgan fingerprint density at radius 2 is 1.23 bits per heavy atom. The van der Waals surface area contributed by atoms with Crippen molar-refractivity contribution < 1.29 is 37.8 Å². The second kappa shape index (κ2) is 15.2. The van der Waals surface area contributed by atoms with Crippen LogP contribution in [0.15, 0.2) is 5.11 Å². The molecule has 0 bridgehead atoms. The summed E-state index contributed by atoms with van der Waals surface area (Å²) < 4.78 is 35.1. The minimum Gasteiger partial charge on any atom is -0.379 e. The first-order chi connectivity index (χ1) is 10.6. The molecule has 0 aliphatic rings. The smallest absolute Gasteiger partial charge is 0.379 e. The zero-order chi connectivity index (χ0) is 16.5. The van der Waals surface area contributed by atoms with Crippen molar-refractivity contribution in [2.45, 2.75) is 0 Å². The SMILES string of the molecule is [N-]=[N+]=NCCOCCOCCOCCOCCOP(=O)(O)O. The van der Waals surface area contributed by atoms with Crippen molar-refractivity contribution >= 4 is 7.82 Å². The van der Waals surface area contributed by atoms with Crippen LogP contribution < -0.4 is 0 Å². The third kappa shape index (κ3) is 19.3. The predicted molar refractivity (Wildman–Crippen MR) is 75.3 cm³/mol. The molecule has 2 N–H and O–H groups in total. The molecule has 0 aromatic carbocycles. The van der Waals surface area contributed by atoms with Crippen LogP contribution in [0.25, 0.3) is 10.4 Å². The molecule has 0 aromatic heterocycles. The van der Waals surface area contributed by atoms with E-state index in [-0.39, 0.29) is 13.2 Å². The molecule has 0 atom stereocenters. The van der Waals surface area contributed by atoms with E-state index in [1.807, 2.05) is 0 Å². The summed E-state index contributed by atoms with van der Waals surface area (Å²) >= 11 is 0. The van der Waals surface area contributed by atoms with Crippen LogP contribution in [0.3, 0.4) is 0 Å². The van der Waals surface area contributed by atoms with E-state index in [1.54, 1.807) is 0 Å². The van der Waals surface area contributed by atoms with Crippen LogP contribution >= 0.6 is 7.82 Å². The molecule has 11 nitrogen and oxygen atoms in total. The molecule has 0 heterocycles. The van der Waals surface area contributed by atoms with Crippen LogP contribution in [0.4, 0.5) is 0 Å². The van der Waals surface area contributed by atoms with Crippen molar-refractivity contribution in [3.05, 3.63) is 10.4 Å². The first-order valence-corrected chi connectivity index (χ1v) is 8.11. The summed E-state index contributed by atoms with van der Waals surface area (Å²) in [5.74, 6) is 0. The average molecular weight is 343 g/mol. The molecule has 0 radical (unpaired) electrons. The van der Waals surface area contributed by atoms with Crippen LogP contribution in [-0.4, -0.2) is 75.8 Å². The van der Waals surface area contributed by atoms with Gasteiger partial charge in [-0.3, -0.25) is 4.52 Å². The number of hydrogen-bond donors (Lipinski definition) is 2. The van der Waals surface area contributed by atoms with Gasteiger partial charge in [0.05, 0.1) is 59.5 Å². The van der Waals surface area contributed by atoms with Gasteiger partial charge in [-0.15, -0.1) is 0 Å². The first-order valence-electron chi connectivity index (χ1n) is 6.58. The molecule has 0 aliphatic heterocycles. The molecule has 0 aliphatic carbocycles. The monoisotopic (exact) mass is 343 g/mol. The molecule has 22 heavy (non-hydrogen) atoms. The van der Waals surface area contributed by atoms with Gasteiger partial charge in [-0.2, -0.15) is 0 Å². The fourth-order valence-electron chi connectivity index (χ4n) is 1.13. The van der Waals surface area contributed by atoms with Crippen LogP contribution in [-0.2, 0) is 28.0 Å². The molecule has 0 saturated heterocycles. The van der Waals surface area contributed by atoms with Gasteiger partial charge in [0.1, 0.15) is 0 Å². The molecule has 130 valence electrons. The second-order valence-electron chi connectivity index (χ2n) is 3.73. The number of azide groups is 1. The maximum atomic E-state index is 10.3. The zero-order valence-corrected chi connectivity index (χ0v) is 13.1. The summed E-state index contributed by atoms with van der Waals surface area (Å²) in [6, 6.07) is 0. The Hall–Kier alpha value is -0.740. The van der Waals surface area contributed by atoms with E-state index in [2.05, 4.69) is 14.5 Å². The third-order valence-corrected chi connectivity index (χ3v) is 2.52. The van der Waals surface area contributed by atoms with Crippen LogP contribution in [0.5, 0.6) is 0 Å². The lowest BCUT2D eigenvalue weighted by atomic mass is 10.7. The van der Waals surface area contributed by atoms with Gasteiger partial charge < -0.3 is 28.7 Å². The van der Waals surface area contributed by atoms with Crippen molar-refractivity contribution in [3.8, 4) is 0 Å². The number of hydrogen-bond acceptors (Lipinski definition) is 7. The minimum atomic E-state index is -4.41. The lowest BCUT2D eigenvalue weighted by Gasteiger charge is -2.08. The van der Waals surface area contributed by atoms with Crippen molar-refractivity contribution in [3.63, 3.8) is 0 Å². The van der Waals surface area contributed by atoms with Crippen molar-refractivity contribution in [1.82, 2.24) is 0 Å². The largest absolute Gasteiger partial charge is 0.469 e. The van der Waals surface area contributed by atoms with Crippen molar-refractivity contribution in [1.29, 1.82) is 0 Å². The van der Waals surface area contributed by atoms with Crippen LogP contribution in [0, 0.1) is 0 Å². The Morgan fingerprint density at radius 1 is 0.818 bits per heavy atom. The number of nitrogens with zero attached hydrogens (tertiary/aromatic N) is 3.